The van der Waals surface area contributed by atoms with E-state index >= 15 is 0 Å². The number of amides is 1. The highest BCUT2D eigenvalue weighted by molar-refractivity contribution is 5.97. The van der Waals surface area contributed by atoms with Gasteiger partial charge < -0.3 is 10.4 Å². The third-order valence-corrected chi connectivity index (χ3v) is 3.09. The number of rotatable bonds is 6. The zero-order valence-electron chi connectivity index (χ0n) is 11.7. The highest BCUT2D eigenvalue weighted by atomic mass is 16.4. The van der Waals surface area contributed by atoms with Crippen molar-refractivity contribution in [3.8, 4) is 0 Å². The van der Waals surface area contributed by atoms with Gasteiger partial charge in [0, 0.05) is 5.56 Å². The van der Waals surface area contributed by atoms with Gasteiger partial charge in [-0.05, 0) is 31.9 Å². The predicted molar refractivity (Wildman–Crippen MR) is 74.3 cm³/mol. The molecule has 19 heavy (non-hydrogen) atoms. The van der Waals surface area contributed by atoms with Gasteiger partial charge >= 0.3 is 5.97 Å². The van der Waals surface area contributed by atoms with Crippen molar-refractivity contribution < 1.29 is 14.7 Å². The van der Waals surface area contributed by atoms with E-state index in [0.717, 1.165) is 24.0 Å². The Hall–Kier alpha value is -1.84. The fourth-order valence-corrected chi connectivity index (χ4v) is 1.88. The van der Waals surface area contributed by atoms with Gasteiger partial charge in [-0.15, -0.1) is 0 Å². The lowest BCUT2D eigenvalue weighted by molar-refractivity contribution is -0.139. The van der Waals surface area contributed by atoms with Crippen LogP contribution in [0.3, 0.4) is 0 Å². The molecule has 0 aliphatic heterocycles. The first-order valence-electron chi connectivity index (χ1n) is 6.56. The number of carboxylic acid groups (broad SMARTS) is 1. The van der Waals surface area contributed by atoms with Crippen LogP contribution < -0.4 is 5.32 Å². The van der Waals surface area contributed by atoms with Crippen LogP contribution in [0.1, 0.15) is 47.7 Å². The lowest BCUT2D eigenvalue weighted by Crippen LogP contribution is -2.41. The topological polar surface area (TPSA) is 66.4 Å². The maximum atomic E-state index is 12.1. The zero-order valence-corrected chi connectivity index (χ0v) is 11.7. The average molecular weight is 263 g/mol. The number of aliphatic carboxylic acids is 1. The highest BCUT2D eigenvalue weighted by Crippen LogP contribution is 2.11. The standard InChI is InChI=1S/C15H21NO3/c1-4-5-6-13(15(18)19)16-14(17)12-9-10(2)7-8-11(12)3/h7-9,13H,4-6H2,1-3H3,(H,16,17)(H,18,19). The Bertz CT molecular complexity index is 468. The molecule has 1 atom stereocenters. The first-order chi connectivity index (χ1) is 8.95. The summed E-state index contributed by atoms with van der Waals surface area (Å²) in [6.07, 6.45) is 2.15. The summed E-state index contributed by atoms with van der Waals surface area (Å²) < 4.78 is 0. The van der Waals surface area contributed by atoms with Crippen LogP contribution in [-0.2, 0) is 4.79 Å². The van der Waals surface area contributed by atoms with E-state index in [1.165, 1.54) is 0 Å². The Labute approximate surface area is 113 Å². The largest absolute Gasteiger partial charge is 0.480 e. The number of hydrogen-bond donors (Lipinski definition) is 2. The molecule has 0 saturated carbocycles. The molecule has 0 saturated heterocycles. The van der Waals surface area contributed by atoms with E-state index in [1.807, 2.05) is 32.9 Å². The molecule has 1 aromatic rings. The van der Waals surface area contributed by atoms with Crippen molar-refractivity contribution in [2.45, 2.75) is 46.1 Å². The van der Waals surface area contributed by atoms with Crippen molar-refractivity contribution in [3.63, 3.8) is 0 Å². The Morgan fingerprint density at radius 2 is 2.00 bits per heavy atom. The molecule has 0 spiro atoms. The van der Waals surface area contributed by atoms with Crippen LogP contribution in [0.5, 0.6) is 0 Å². The second kappa shape index (κ2) is 6.92. The van der Waals surface area contributed by atoms with Crippen LogP contribution >= 0.6 is 0 Å². The molecule has 4 heteroatoms. The van der Waals surface area contributed by atoms with Gasteiger partial charge in [0.05, 0.1) is 0 Å². The van der Waals surface area contributed by atoms with Gasteiger partial charge in [-0.3, -0.25) is 4.79 Å². The Balaban J connectivity index is 2.81. The number of aryl methyl sites for hydroxylation is 2. The van der Waals surface area contributed by atoms with Crippen molar-refractivity contribution in [1.82, 2.24) is 5.32 Å². The summed E-state index contributed by atoms with van der Waals surface area (Å²) in [5.41, 5.74) is 2.38. The van der Waals surface area contributed by atoms with E-state index in [2.05, 4.69) is 5.32 Å². The third-order valence-electron chi connectivity index (χ3n) is 3.09. The van der Waals surface area contributed by atoms with Crippen LogP contribution in [0.15, 0.2) is 18.2 Å². The minimum absolute atomic E-state index is 0.315. The second-order valence-electron chi connectivity index (χ2n) is 4.82. The molecule has 0 radical (unpaired) electrons. The highest BCUT2D eigenvalue weighted by Gasteiger charge is 2.20. The first kappa shape index (κ1) is 15.2. The van der Waals surface area contributed by atoms with Gasteiger partial charge in [-0.25, -0.2) is 4.79 Å². The van der Waals surface area contributed by atoms with Crippen LogP contribution in [0, 0.1) is 13.8 Å². The second-order valence-corrected chi connectivity index (χ2v) is 4.82. The lowest BCUT2D eigenvalue weighted by atomic mass is 10.0. The van der Waals surface area contributed by atoms with Crippen molar-refractivity contribution in [2.75, 3.05) is 0 Å². The van der Waals surface area contributed by atoms with Gasteiger partial charge in [-0.1, -0.05) is 37.5 Å². The van der Waals surface area contributed by atoms with Gasteiger partial charge in [0.15, 0.2) is 0 Å². The molecule has 0 fully saturated rings. The Morgan fingerprint density at radius 3 is 2.58 bits per heavy atom. The van der Waals surface area contributed by atoms with E-state index in [9.17, 15) is 9.59 Å². The fourth-order valence-electron chi connectivity index (χ4n) is 1.88. The monoisotopic (exact) mass is 263 g/mol. The summed E-state index contributed by atoms with van der Waals surface area (Å²) in [5, 5.41) is 11.7. The smallest absolute Gasteiger partial charge is 0.326 e. The van der Waals surface area contributed by atoms with Crippen LogP contribution in [0.4, 0.5) is 0 Å². The molecule has 4 nitrogen and oxygen atoms in total. The summed E-state index contributed by atoms with van der Waals surface area (Å²) in [5.74, 6) is -1.29. The number of carbonyl (C=O) groups excluding carboxylic acids is 1. The molecular weight excluding hydrogens is 242 g/mol. The number of hydrogen-bond acceptors (Lipinski definition) is 2. The maximum absolute atomic E-state index is 12.1. The SMILES string of the molecule is CCCCC(NC(=O)c1cc(C)ccc1C)C(=O)O. The Kier molecular flexibility index (Phi) is 5.55. The van der Waals surface area contributed by atoms with E-state index in [-0.39, 0.29) is 5.91 Å². The van der Waals surface area contributed by atoms with E-state index < -0.39 is 12.0 Å². The van der Waals surface area contributed by atoms with E-state index in [0.29, 0.717) is 12.0 Å². The maximum Gasteiger partial charge on any atom is 0.326 e. The summed E-state index contributed by atoms with van der Waals surface area (Å²) in [7, 11) is 0. The zero-order chi connectivity index (χ0) is 14.4. The molecule has 0 aromatic heterocycles. The van der Waals surface area contributed by atoms with Crippen LogP contribution in [0.25, 0.3) is 0 Å². The Morgan fingerprint density at radius 1 is 1.32 bits per heavy atom. The molecule has 1 aromatic carbocycles. The molecule has 0 heterocycles. The third kappa shape index (κ3) is 4.39. The summed E-state index contributed by atoms with van der Waals surface area (Å²) in [4.78, 5) is 23.2. The summed E-state index contributed by atoms with van der Waals surface area (Å²) in [6, 6.07) is 4.76. The number of unbranched alkanes of at least 4 members (excludes halogenated alkanes) is 1. The van der Waals surface area contributed by atoms with Crippen LogP contribution in [0.2, 0.25) is 0 Å². The van der Waals surface area contributed by atoms with Crippen molar-refractivity contribution >= 4 is 11.9 Å². The number of nitrogens with one attached hydrogen (secondary N) is 1. The number of carboxylic acids is 1. The summed E-state index contributed by atoms with van der Waals surface area (Å²) in [6.45, 7) is 5.74. The van der Waals surface area contributed by atoms with Crippen molar-refractivity contribution in [3.05, 3.63) is 34.9 Å². The normalized spacial score (nSPS) is 11.9. The van der Waals surface area contributed by atoms with Gasteiger partial charge in [0.2, 0.25) is 0 Å². The molecule has 1 unspecified atom stereocenters. The molecular formula is C15H21NO3. The molecule has 0 aliphatic rings. The predicted octanol–water partition coefficient (Wildman–Crippen LogP) is 2.68. The van der Waals surface area contributed by atoms with E-state index in [4.69, 9.17) is 5.11 Å². The lowest BCUT2D eigenvalue weighted by Gasteiger charge is -2.15. The van der Waals surface area contributed by atoms with Crippen molar-refractivity contribution in [2.24, 2.45) is 0 Å². The molecule has 104 valence electrons. The van der Waals surface area contributed by atoms with Crippen LogP contribution in [-0.4, -0.2) is 23.0 Å². The average Bonchev–Trinajstić information content (AvgIpc) is 2.36. The number of benzene rings is 1. The van der Waals surface area contributed by atoms with Crippen molar-refractivity contribution in [1.29, 1.82) is 0 Å². The number of carbonyl (C=O) groups is 2. The van der Waals surface area contributed by atoms with Gasteiger partial charge in [0.1, 0.15) is 6.04 Å². The van der Waals surface area contributed by atoms with E-state index in [1.54, 1.807) is 6.07 Å². The molecule has 1 rings (SSSR count). The molecule has 1 amide bonds. The molecule has 0 bridgehead atoms. The first-order valence-corrected chi connectivity index (χ1v) is 6.56. The minimum Gasteiger partial charge on any atom is -0.480 e. The van der Waals surface area contributed by atoms with Gasteiger partial charge in [-0.2, -0.15) is 0 Å². The minimum atomic E-state index is -0.980. The quantitative estimate of drug-likeness (QED) is 0.829. The van der Waals surface area contributed by atoms with Gasteiger partial charge in [0.25, 0.3) is 5.91 Å². The summed E-state index contributed by atoms with van der Waals surface area (Å²) >= 11 is 0. The molecule has 0 aliphatic carbocycles. The fraction of sp³-hybridized carbons (Fsp3) is 0.467. The molecule has 2 N–H and O–H groups in total.